The van der Waals surface area contributed by atoms with Crippen molar-refractivity contribution in [3.63, 3.8) is 0 Å². The molecule has 0 spiro atoms. The van der Waals surface area contributed by atoms with Crippen molar-refractivity contribution >= 4 is 0 Å². The van der Waals surface area contributed by atoms with Gasteiger partial charge < -0.3 is 0 Å². The van der Waals surface area contributed by atoms with Crippen LogP contribution in [0.5, 0.6) is 0 Å². The van der Waals surface area contributed by atoms with E-state index in [1.165, 1.54) is 0 Å². The molecule has 31 heavy (non-hydrogen) atoms. The lowest BCUT2D eigenvalue weighted by atomic mass is 9.89. The molecule has 2 aromatic carbocycles. The summed E-state index contributed by atoms with van der Waals surface area (Å²) in [5.74, 6) is 1.43. The SMILES string of the molecule is CC(C)Cc1cc(Cc2cc(CC(C)C)cc(CC(C)C)c2F)c(F)c(CC(C)C)c1. The highest BCUT2D eigenvalue weighted by Crippen LogP contribution is 2.27. The summed E-state index contributed by atoms with van der Waals surface area (Å²) in [6, 6.07) is 7.98. The molecule has 2 rings (SSSR count). The first-order valence-corrected chi connectivity index (χ1v) is 12.1. The van der Waals surface area contributed by atoms with Crippen LogP contribution in [0.4, 0.5) is 8.78 Å². The summed E-state index contributed by atoms with van der Waals surface area (Å²) in [5.41, 5.74) is 5.11. The van der Waals surface area contributed by atoms with Crippen LogP contribution in [0.15, 0.2) is 24.3 Å². The summed E-state index contributed by atoms with van der Waals surface area (Å²) in [4.78, 5) is 0. The van der Waals surface area contributed by atoms with E-state index in [0.29, 0.717) is 54.1 Å². The first-order valence-electron chi connectivity index (χ1n) is 12.1. The standard InChI is InChI=1S/C29H42F2/c1-18(2)9-22-13-24(11-20(5)6)28(30)26(15-22)17-27-16-23(10-19(3)4)14-25(29(27)31)12-21(7)8/h13-16,18-21H,9-12,17H2,1-8H3. The molecule has 0 amide bonds. The van der Waals surface area contributed by atoms with E-state index in [1.807, 2.05) is 24.3 Å². The smallest absolute Gasteiger partial charge is 0.129 e. The molecule has 0 bridgehead atoms. The Bertz CT molecular complexity index is 788. The molecule has 0 aromatic heterocycles. The second kappa shape index (κ2) is 11.2. The molecule has 0 aliphatic heterocycles. The Kier molecular flexibility index (Phi) is 9.28. The van der Waals surface area contributed by atoms with Crippen LogP contribution in [-0.4, -0.2) is 0 Å². The van der Waals surface area contributed by atoms with Gasteiger partial charge in [-0.2, -0.15) is 0 Å². The topological polar surface area (TPSA) is 0 Å². The van der Waals surface area contributed by atoms with Crippen LogP contribution in [0.3, 0.4) is 0 Å². The Balaban J connectivity index is 2.54. The van der Waals surface area contributed by atoms with Gasteiger partial charge in [-0.15, -0.1) is 0 Å². The maximum absolute atomic E-state index is 15.5. The molecule has 0 atom stereocenters. The summed E-state index contributed by atoms with van der Waals surface area (Å²) < 4.78 is 30.9. The van der Waals surface area contributed by atoms with Crippen LogP contribution < -0.4 is 0 Å². The normalized spacial score (nSPS) is 12.1. The summed E-state index contributed by atoms with van der Waals surface area (Å²) in [5, 5.41) is 0. The monoisotopic (exact) mass is 428 g/mol. The lowest BCUT2D eigenvalue weighted by Crippen LogP contribution is -2.09. The van der Waals surface area contributed by atoms with Crippen molar-refractivity contribution in [3.05, 3.63) is 69.3 Å². The Morgan fingerprint density at radius 3 is 1.06 bits per heavy atom. The van der Waals surface area contributed by atoms with Gasteiger partial charge in [0.05, 0.1) is 0 Å². The van der Waals surface area contributed by atoms with Crippen molar-refractivity contribution in [2.75, 3.05) is 0 Å². The van der Waals surface area contributed by atoms with Gasteiger partial charge in [0, 0.05) is 6.42 Å². The van der Waals surface area contributed by atoms with Crippen LogP contribution in [0.1, 0.15) is 88.8 Å². The molecule has 0 N–H and O–H groups in total. The summed E-state index contributed by atoms with van der Waals surface area (Å²) >= 11 is 0. The molecule has 2 heteroatoms. The third kappa shape index (κ3) is 7.74. The fourth-order valence-electron chi connectivity index (χ4n) is 4.46. The quantitative estimate of drug-likeness (QED) is 0.357. The van der Waals surface area contributed by atoms with E-state index in [-0.39, 0.29) is 11.6 Å². The summed E-state index contributed by atoms with van der Waals surface area (Å²) in [6.45, 7) is 17.2. The predicted molar refractivity (Wildman–Crippen MR) is 130 cm³/mol. The van der Waals surface area contributed by atoms with E-state index in [9.17, 15) is 0 Å². The third-order valence-electron chi connectivity index (χ3n) is 5.49. The van der Waals surface area contributed by atoms with Crippen molar-refractivity contribution in [1.82, 2.24) is 0 Å². The molecular formula is C29H42F2. The van der Waals surface area contributed by atoms with Crippen molar-refractivity contribution < 1.29 is 8.78 Å². The molecule has 0 aliphatic carbocycles. The van der Waals surface area contributed by atoms with Crippen molar-refractivity contribution in [3.8, 4) is 0 Å². The zero-order valence-electron chi connectivity index (χ0n) is 20.9. The molecule has 0 radical (unpaired) electrons. The lowest BCUT2D eigenvalue weighted by Gasteiger charge is -2.18. The van der Waals surface area contributed by atoms with Gasteiger partial charge in [-0.1, -0.05) is 79.7 Å². The molecule has 0 nitrogen and oxygen atoms in total. The largest absolute Gasteiger partial charge is 0.206 e. The van der Waals surface area contributed by atoms with Crippen LogP contribution >= 0.6 is 0 Å². The molecule has 0 saturated carbocycles. The summed E-state index contributed by atoms with van der Waals surface area (Å²) in [6.07, 6.45) is 3.55. The number of benzene rings is 2. The molecule has 0 unspecified atom stereocenters. The molecular weight excluding hydrogens is 386 g/mol. The van der Waals surface area contributed by atoms with Gasteiger partial charge in [0.15, 0.2) is 0 Å². The average molecular weight is 429 g/mol. The van der Waals surface area contributed by atoms with Crippen LogP contribution in [-0.2, 0) is 32.1 Å². The van der Waals surface area contributed by atoms with E-state index >= 15 is 8.78 Å². The van der Waals surface area contributed by atoms with Gasteiger partial charge in [0.25, 0.3) is 0 Å². The fraction of sp³-hybridized carbons (Fsp3) is 0.586. The molecule has 0 aliphatic rings. The molecule has 2 aromatic rings. The minimum Gasteiger partial charge on any atom is -0.206 e. The highest BCUT2D eigenvalue weighted by Gasteiger charge is 2.18. The zero-order chi connectivity index (χ0) is 23.3. The maximum Gasteiger partial charge on any atom is 0.129 e. The first-order chi connectivity index (χ1) is 14.5. The summed E-state index contributed by atoms with van der Waals surface area (Å²) in [7, 11) is 0. The van der Waals surface area contributed by atoms with E-state index in [4.69, 9.17) is 0 Å². The van der Waals surface area contributed by atoms with E-state index in [1.54, 1.807) is 0 Å². The second-order valence-electron chi connectivity index (χ2n) is 11.0. The molecule has 172 valence electrons. The zero-order valence-corrected chi connectivity index (χ0v) is 20.9. The minimum atomic E-state index is -0.153. The van der Waals surface area contributed by atoms with Gasteiger partial charge in [-0.25, -0.2) is 8.78 Å². The maximum atomic E-state index is 15.5. The highest BCUT2D eigenvalue weighted by atomic mass is 19.1. The van der Waals surface area contributed by atoms with E-state index in [2.05, 4.69) is 55.4 Å². The predicted octanol–water partition coefficient (Wildman–Crippen LogP) is 8.35. The van der Waals surface area contributed by atoms with Crippen LogP contribution in [0.25, 0.3) is 0 Å². The fourth-order valence-corrected chi connectivity index (χ4v) is 4.46. The van der Waals surface area contributed by atoms with Gasteiger partial charge in [0.2, 0.25) is 0 Å². The van der Waals surface area contributed by atoms with Gasteiger partial charge in [-0.05, 0) is 82.7 Å². The van der Waals surface area contributed by atoms with Gasteiger partial charge in [0.1, 0.15) is 11.6 Å². The molecule has 0 fully saturated rings. The third-order valence-corrected chi connectivity index (χ3v) is 5.49. The molecule has 0 saturated heterocycles. The van der Waals surface area contributed by atoms with Gasteiger partial charge >= 0.3 is 0 Å². The van der Waals surface area contributed by atoms with Crippen molar-refractivity contribution in [1.29, 1.82) is 0 Å². The average Bonchev–Trinajstić information content (AvgIpc) is 2.60. The van der Waals surface area contributed by atoms with Crippen molar-refractivity contribution in [2.24, 2.45) is 23.7 Å². The number of hydrogen-bond acceptors (Lipinski definition) is 0. The Hall–Kier alpha value is -1.70. The minimum absolute atomic E-state index is 0.153. The number of hydrogen-bond donors (Lipinski definition) is 0. The lowest BCUT2D eigenvalue weighted by molar-refractivity contribution is 0.550. The Morgan fingerprint density at radius 2 is 0.774 bits per heavy atom. The first kappa shape index (κ1) is 25.6. The van der Waals surface area contributed by atoms with E-state index in [0.717, 1.165) is 35.1 Å². The number of halogens is 2. The van der Waals surface area contributed by atoms with Crippen LogP contribution in [0.2, 0.25) is 0 Å². The number of rotatable bonds is 10. The van der Waals surface area contributed by atoms with Crippen LogP contribution in [0, 0.1) is 35.3 Å². The Morgan fingerprint density at radius 1 is 0.484 bits per heavy atom. The highest BCUT2D eigenvalue weighted by molar-refractivity contribution is 5.40. The molecule has 0 heterocycles. The second-order valence-corrected chi connectivity index (χ2v) is 11.0. The van der Waals surface area contributed by atoms with E-state index < -0.39 is 0 Å². The van der Waals surface area contributed by atoms with Crippen molar-refractivity contribution in [2.45, 2.75) is 87.5 Å². The van der Waals surface area contributed by atoms with Gasteiger partial charge in [-0.3, -0.25) is 0 Å². The Labute approximate surface area is 189 Å².